The molecule has 21 heavy (non-hydrogen) atoms. The van der Waals surface area contributed by atoms with Crippen LogP contribution in [0.1, 0.15) is 76.0 Å². The molecule has 2 nitrogen and oxygen atoms in total. The Morgan fingerprint density at radius 3 is 2.48 bits per heavy atom. The van der Waals surface area contributed by atoms with Crippen LogP contribution < -0.4 is 5.73 Å². The Morgan fingerprint density at radius 1 is 1.19 bits per heavy atom. The molecule has 0 bridgehead atoms. The van der Waals surface area contributed by atoms with Crippen LogP contribution in [0.2, 0.25) is 0 Å². The minimum absolute atomic E-state index is 0.374. The standard InChI is InChI=1S/C19H32N2/c1-4-5-8-13-21(15(2)3)19(14-20)18-10-7-6-9-17(18)16-11-12-16/h6-7,9-10,15-16,19H,4-5,8,11-14,20H2,1-3H3. The van der Waals surface area contributed by atoms with Gasteiger partial charge in [0.15, 0.2) is 0 Å². The maximum absolute atomic E-state index is 6.20. The van der Waals surface area contributed by atoms with Gasteiger partial charge in [-0.3, -0.25) is 4.90 Å². The van der Waals surface area contributed by atoms with Gasteiger partial charge in [-0.05, 0) is 56.7 Å². The van der Waals surface area contributed by atoms with E-state index in [4.69, 9.17) is 5.73 Å². The second-order valence-corrected chi connectivity index (χ2v) is 6.69. The highest BCUT2D eigenvalue weighted by atomic mass is 15.2. The Labute approximate surface area is 130 Å². The summed E-state index contributed by atoms with van der Waals surface area (Å²) in [5.41, 5.74) is 9.22. The van der Waals surface area contributed by atoms with E-state index in [2.05, 4.69) is 49.9 Å². The highest BCUT2D eigenvalue weighted by Gasteiger charge is 2.30. The summed E-state index contributed by atoms with van der Waals surface area (Å²) in [5, 5.41) is 0. The predicted octanol–water partition coefficient (Wildman–Crippen LogP) is 4.46. The predicted molar refractivity (Wildman–Crippen MR) is 91.6 cm³/mol. The first-order valence-electron chi connectivity index (χ1n) is 8.73. The van der Waals surface area contributed by atoms with E-state index in [1.165, 1.54) is 37.7 Å². The molecule has 0 heterocycles. The monoisotopic (exact) mass is 288 g/mol. The molecule has 2 N–H and O–H groups in total. The van der Waals surface area contributed by atoms with E-state index < -0.39 is 0 Å². The summed E-state index contributed by atoms with van der Waals surface area (Å²) >= 11 is 0. The van der Waals surface area contributed by atoms with Gasteiger partial charge in [0, 0.05) is 18.6 Å². The lowest BCUT2D eigenvalue weighted by atomic mass is 9.95. The first-order chi connectivity index (χ1) is 10.2. The van der Waals surface area contributed by atoms with Crippen molar-refractivity contribution in [3.05, 3.63) is 35.4 Å². The molecule has 2 heteroatoms. The van der Waals surface area contributed by atoms with Crippen molar-refractivity contribution in [2.75, 3.05) is 13.1 Å². The van der Waals surface area contributed by atoms with Crippen molar-refractivity contribution in [2.45, 2.75) is 70.9 Å². The third-order valence-electron chi connectivity index (χ3n) is 4.68. The fourth-order valence-corrected chi connectivity index (χ4v) is 3.34. The van der Waals surface area contributed by atoms with Gasteiger partial charge in [-0.2, -0.15) is 0 Å². The number of hydrogen-bond acceptors (Lipinski definition) is 2. The van der Waals surface area contributed by atoms with Crippen molar-refractivity contribution in [1.82, 2.24) is 4.90 Å². The van der Waals surface area contributed by atoms with Crippen LogP contribution in [0.5, 0.6) is 0 Å². The summed E-state index contributed by atoms with van der Waals surface area (Å²) in [6.45, 7) is 8.74. The third kappa shape index (κ3) is 4.31. The number of nitrogens with zero attached hydrogens (tertiary/aromatic N) is 1. The topological polar surface area (TPSA) is 29.3 Å². The molecule has 0 aliphatic heterocycles. The van der Waals surface area contributed by atoms with Crippen LogP contribution in [0.25, 0.3) is 0 Å². The lowest BCUT2D eigenvalue weighted by molar-refractivity contribution is 0.153. The fourth-order valence-electron chi connectivity index (χ4n) is 3.34. The highest BCUT2D eigenvalue weighted by Crippen LogP contribution is 2.43. The molecule has 1 aliphatic rings. The lowest BCUT2D eigenvalue weighted by Gasteiger charge is -2.36. The highest BCUT2D eigenvalue weighted by molar-refractivity contribution is 5.36. The first kappa shape index (κ1) is 16.5. The van der Waals surface area contributed by atoms with Crippen LogP contribution >= 0.6 is 0 Å². The molecular formula is C19H32N2. The molecule has 0 saturated heterocycles. The maximum Gasteiger partial charge on any atom is 0.0475 e. The number of nitrogens with two attached hydrogens (primary N) is 1. The van der Waals surface area contributed by atoms with Crippen LogP contribution in [0.4, 0.5) is 0 Å². The summed E-state index contributed by atoms with van der Waals surface area (Å²) in [5.74, 6) is 0.792. The molecular weight excluding hydrogens is 256 g/mol. The van der Waals surface area contributed by atoms with Gasteiger partial charge in [-0.15, -0.1) is 0 Å². The molecule has 1 unspecified atom stereocenters. The average Bonchev–Trinajstić information content (AvgIpc) is 3.31. The molecule has 0 amide bonds. The van der Waals surface area contributed by atoms with Crippen LogP contribution in [-0.4, -0.2) is 24.0 Å². The van der Waals surface area contributed by atoms with Gasteiger partial charge in [0.25, 0.3) is 0 Å². The van der Waals surface area contributed by atoms with Crippen molar-refractivity contribution >= 4 is 0 Å². The zero-order valence-electron chi connectivity index (χ0n) is 14.0. The van der Waals surface area contributed by atoms with Crippen LogP contribution in [0, 0.1) is 0 Å². The van der Waals surface area contributed by atoms with Gasteiger partial charge in [0.2, 0.25) is 0 Å². The quantitative estimate of drug-likeness (QED) is 0.680. The normalized spacial score (nSPS) is 16.7. The van der Waals surface area contributed by atoms with Crippen LogP contribution in [-0.2, 0) is 0 Å². The molecule has 1 fully saturated rings. The van der Waals surface area contributed by atoms with Gasteiger partial charge < -0.3 is 5.73 Å². The number of unbranched alkanes of at least 4 members (excludes halogenated alkanes) is 2. The lowest BCUT2D eigenvalue weighted by Crippen LogP contribution is -2.39. The molecule has 1 aliphatic carbocycles. The Hall–Kier alpha value is -0.860. The van der Waals surface area contributed by atoms with Gasteiger partial charge >= 0.3 is 0 Å². The average molecular weight is 288 g/mol. The number of hydrogen-bond donors (Lipinski definition) is 1. The van der Waals surface area contributed by atoms with E-state index in [0.717, 1.165) is 12.5 Å². The van der Waals surface area contributed by atoms with Crippen molar-refractivity contribution in [3.63, 3.8) is 0 Å². The van der Waals surface area contributed by atoms with Gasteiger partial charge in [0.05, 0.1) is 0 Å². The van der Waals surface area contributed by atoms with Crippen LogP contribution in [0.15, 0.2) is 24.3 Å². The van der Waals surface area contributed by atoms with Gasteiger partial charge in [-0.25, -0.2) is 0 Å². The number of benzene rings is 1. The van der Waals surface area contributed by atoms with E-state index in [0.29, 0.717) is 18.6 Å². The van der Waals surface area contributed by atoms with E-state index >= 15 is 0 Å². The molecule has 1 aromatic carbocycles. The molecule has 0 spiro atoms. The smallest absolute Gasteiger partial charge is 0.0475 e. The Balaban J connectivity index is 2.19. The van der Waals surface area contributed by atoms with Gasteiger partial charge in [-0.1, -0.05) is 44.0 Å². The third-order valence-corrected chi connectivity index (χ3v) is 4.68. The molecule has 1 saturated carbocycles. The second-order valence-electron chi connectivity index (χ2n) is 6.69. The van der Waals surface area contributed by atoms with Gasteiger partial charge in [0.1, 0.15) is 0 Å². The maximum atomic E-state index is 6.20. The minimum Gasteiger partial charge on any atom is -0.329 e. The Morgan fingerprint density at radius 2 is 1.90 bits per heavy atom. The molecule has 1 aromatic rings. The van der Waals surface area contributed by atoms with E-state index in [1.807, 2.05) is 0 Å². The van der Waals surface area contributed by atoms with E-state index in [-0.39, 0.29) is 0 Å². The van der Waals surface area contributed by atoms with E-state index in [1.54, 1.807) is 5.56 Å². The van der Waals surface area contributed by atoms with Crippen LogP contribution in [0.3, 0.4) is 0 Å². The number of rotatable bonds is 9. The fraction of sp³-hybridized carbons (Fsp3) is 0.684. The second kappa shape index (κ2) is 7.95. The van der Waals surface area contributed by atoms with Crippen molar-refractivity contribution in [2.24, 2.45) is 5.73 Å². The summed E-state index contributed by atoms with van der Waals surface area (Å²) in [7, 11) is 0. The largest absolute Gasteiger partial charge is 0.329 e. The molecule has 0 radical (unpaired) electrons. The van der Waals surface area contributed by atoms with Crippen molar-refractivity contribution in [3.8, 4) is 0 Å². The van der Waals surface area contributed by atoms with E-state index in [9.17, 15) is 0 Å². The molecule has 0 aromatic heterocycles. The van der Waals surface area contributed by atoms with Crippen molar-refractivity contribution in [1.29, 1.82) is 0 Å². The summed E-state index contributed by atoms with van der Waals surface area (Å²) < 4.78 is 0. The minimum atomic E-state index is 0.374. The SMILES string of the molecule is CCCCCN(C(C)C)C(CN)c1ccccc1C1CC1. The summed E-state index contributed by atoms with van der Waals surface area (Å²) in [6, 6.07) is 9.90. The molecule has 118 valence electrons. The zero-order valence-corrected chi connectivity index (χ0v) is 14.0. The Bertz CT molecular complexity index is 423. The Kier molecular flexibility index (Phi) is 6.25. The summed E-state index contributed by atoms with van der Waals surface area (Å²) in [6.07, 6.45) is 6.57. The van der Waals surface area contributed by atoms with Crippen molar-refractivity contribution < 1.29 is 0 Å². The summed E-state index contributed by atoms with van der Waals surface area (Å²) in [4.78, 5) is 2.61. The molecule has 1 atom stereocenters. The molecule has 2 rings (SSSR count). The zero-order chi connectivity index (χ0) is 15.2. The first-order valence-corrected chi connectivity index (χ1v) is 8.73.